The first kappa shape index (κ1) is 12.9. The van der Waals surface area contributed by atoms with Crippen LogP contribution in [0, 0.1) is 5.92 Å². The number of nitrogens with two attached hydrogens (primary N) is 1. The lowest BCUT2D eigenvalue weighted by Crippen LogP contribution is -2.55. The van der Waals surface area contributed by atoms with E-state index in [-0.39, 0.29) is 11.3 Å². The van der Waals surface area contributed by atoms with Gasteiger partial charge in [0.05, 0.1) is 5.75 Å². The molecule has 5 heteroatoms. The van der Waals surface area contributed by atoms with E-state index in [9.17, 15) is 8.42 Å². The first-order valence-corrected chi connectivity index (χ1v) is 7.30. The second kappa shape index (κ2) is 4.80. The summed E-state index contributed by atoms with van der Waals surface area (Å²) in [6.07, 6.45) is 3.85. The topological polar surface area (TPSA) is 72.2 Å². The summed E-state index contributed by atoms with van der Waals surface area (Å²) in [6, 6.07) is 0. The van der Waals surface area contributed by atoms with Crippen LogP contribution in [0.4, 0.5) is 0 Å². The predicted octanol–water partition coefficient (Wildman–Crippen LogP) is 0.833. The van der Waals surface area contributed by atoms with E-state index in [1.54, 1.807) is 6.92 Å². The maximum Gasteiger partial charge on any atom is 0.211 e. The maximum atomic E-state index is 11.5. The fraction of sp³-hybridized carbons (Fsp3) is 1.00. The molecule has 0 aliphatic heterocycles. The fourth-order valence-electron chi connectivity index (χ4n) is 2.06. The lowest BCUT2D eigenvalue weighted by atomic mass is 9.78. The summed E-state index contributed by atoms with van der Waals surface area (Å²) in [6.45, 7) is 4.26. The van der Waals surface area contributed by atoms with Crippen molar-refractivity contribution in [3.8, 4) is 0 Å². The molecule has 0 spiro atoms. The molecular weight excluding hydrogens is 212 g/mol. The first-order valence-electron chi connectivity index (χ1n) is 5.65. The second-order valence-electron chi connectivity index (χ2n) is 4.67. The highest BCUT2D eigenvalue weighted by atomic mass is 32.2. The Morgan fingerprint density at radius 2 is 1.93 bits per heavy atom. The van der Waals surface area contributed by atoms with Gasteiger partial charge >= 0.3 is 0 Å². The van der Waals surface area contributed by atoms with Gasteiger partial charge in [-0.05, 0) is 38.5 Å². The van der Waals surface area contributed by atoms with E-state index in [1.165, 1.54) is 0 Å². The highest BCUT2D eigenvalue weighted by Crippen LogP contribution is 2.31. The third-order valence-corrected chi connectivity index (χ3v) is 4.88. The van der Waals surface area contributed by atoms with Gasteiger partial charge in [0.2, 0.25) is 10.0 Å². The first-order chi connectivity index (χ1) is 6.93. The van der Waals surface area contributed by atoms with E-state index >= 15 is 0 Å². The Balaban J connectivity index is 2.70. The lowest BCUT2D eigenvalue weighted by Gasteiger charge is -2.38. The van der Waals surface area contributed by atoms with Crippen molar-refractivity contribution in [1.82, 2.24) is 4.72 Å². The number of rotatable bonds is 4. The number of sulfonamides is 1. The Morgan fingerprint density at radius 1 is 1.40 bits per heavy atom. The summed E-state index contributed by atoms with van der Waals surface area (Å²) in [5.41, 5.74) is 5.34. The molecule has 0 radical (unpaired) electrons. The molecule has 15 heavy (non-hydrogen) atoms. The van der Waals surface area contributed by atoms with Crippen molar-refractivity contribution in [3.63, 3.8) is 0 Å². The second-order valence-corrected chi connectivity index (χ2v) is 6.68. The molecule has 0 bridgehead atoms. The van der Waals surface area contributed by atoms with Crippen LogP contribution in [-0.2, 0) is 10.0 Å². The maximum absolute atomic E-state index is 11.5. The third-order valence-electron chi connectivity index (χ3n) is 3.37. The highest BCUT2D eigenvalue weighted by molar-refractivity contribution is 7.89. The van der Waals surface area contributed by atoms with Gasteiger partial charge in [-0.1, -0.05) is 6.92 Å². The molecule has 1 aliphatic rings. The van der Waals surface area contributed by atoms with Crippen LogP contribution in [0.2, 0.25) is 0 Å². The van der Waals surface area contributed by atoms with Gasteiger partial charge in [0.25, 0.3) is 0 Å². The molecule has 0 aromatic heterocycles. The highest BCUT2D eigenvalue weighted by Gasteiger charge is 2.35. The molecule has 4 nitrogen and oxygen atoms in total. The molecule has 1 fully saturated rings. The molecule has 90 valence electrons. The van der Waals surface area contributed by atoms with Crippen molar-refractivity contribution in [1.29, 1.82) is 0 Å². The van der Waals surface area contributed by atoms with E-state index in [2.05, 4.69) is 11.6 Å². The molecule has 1 saturated carbocycles. The van der Waals surface area contributed by atoms with Gasteiger partial charge in [-0.3, -0.25) is 0 Å². The summed E-state index contributed by atoms with van der Waals surface area (Å²) >= 11 is 0. The van der Waals surface area contributed by atoms with Gasteiger partial charge in [-0.2, -0.15) is 0 Å². The van der Waals surface area contributed by atoms with Crippen LogP contribution in [0.3, 0.4) is 0 Å². The Morgan fingerprint density at radius 3 is 2.33 bits per heavy atom. The van der Waals surface area contributed by atoms with E-state index < -0.39 is 10.0 Å². The molecule has 0 saturated heterocycles. The van der Waals surface area contributed by atoms with Gasteiger partial charge in [0.15, 0.2) is 0 Å². The van der Waals surface area contributed by atoms with Gasteiger partial charge in [0, 0.05) is 12.1 Å². The van der Waals surface area contributed by atoms with Crippen LogP contribution in [0.25, 0.3) is 0 Å². The minimum atomic E-state index is -3.14. The van der Waals surface area contributed by atoms with Crippen LogP contribution >= 0.6 is 0 Å². The van der Waals surface area contributed by atoms with Crippen LogP contribution in [0.5, 0.6) is 0 Å². The van der Waals surface area contributed by atoms with Crippen molar-refractivity contribution >= 4 is 10.0 Å². The predicted molar refractivity (Wildman–Crippen MR) is 62.0 cm³/mol. The number of nitrogens with one attached hydrogen (secondary N) is 1. The molecule has 1 rings (SSSR count). The Kier molecular flexibility index (Phi) is 4.14. The standard InChI is InChI=1S/C10H22N2O2S/c1-3-15(13,14)12-10(8-11)6-4-9(2)5-7-10/h9,12H,3-8,11H2,1-2H3. The molecule has 0 atom stereocenters. The van der Waals surface area contributed by atoms with Crippen molar-refractivity contribution in [2.24, 2.45) is 11.7 Å². The van der Waals surface area contributed by atoms with Crippen molar-refractivity contribution in [3.05, 3.63) is 0 Å². The zero-order valence-corrected chi connectivity index (χ0v) is 10.4. The van der Waals surface area contributed by atoms with E-state index in [0.29, 0.717) is 12.5 Å². The smallest absolute Gasteiger partial charge is 0.211 e. The van der Waals surface area contributed by atoms with E-state index in [4.69, 9.17) is 5.73 Å². The van der Waals surface area contributed by atoms with Crippen molar-refractivity contribution in [2.75, 3.05) is 12.3 Å². The van der Waals surface area contributed by atoms with Gasteiger partial charge in [-0.15, -0.1) is 0 Å². The van der Waals surface area contributed by atoms with Crippen LogP contribution in [-0.4, -0.2) is 26.3 Å². The van der Waals surface area contributed by atoms with E-state index in [1.807, 2.05) is 0 Å². The van der Waals surface area contributed by atoms with Crippen molar-refractivity contribution in [2.45, 2.75) is 45.1 Å². The minimum Gasteiger partial charge on any atom is -0.329 e. The monoisotopic (exact) mass is 234 g/mol. The largest absolute Gasteiger partial charge is 0.329 e. The Bertz CT molecular complexity index is 293. The number of hydrogen-bond donors (Lipinski definition) is 2. The molecule has 0 heterocycles. The van der Waals surface area contributed by atoms with Gasteiger partial charge < -0.3 is 5.73 Å². The number of hydrogen-bond acceptors (Lipinski definition) is 3. The van der Waals surface area contributed by atoms with Crippen LogP contribution in [0.1, 0.15) is 39.5 Å². The van der Waals surface area contributed by atoms with Crippen LogP contribution < -0.4 is 10.5 Å². The summed E-state index contributed by atoms with van der Waals surface area (Å²) < 4.78 is 25.9. The minimum absolute atomic E-state index is 0.129. The molecule has 0 aromatic carbocycles. The average molecular weight is 234 g/mol. The van der Waals surface area contributed by atoms with Crippen LogP contribution in [0.15, 0.2) is 0 Å². The van der Waals surface area contributed by atoms with Gasteiger partial charge in [0.1, 0.15) is 0 Å². The van der Waals surface area contributed by atoms with E-state index in [0.717, 1.165) is 25.7 Å². The quantitative estimate of drug-likeness (QED) is 0.757. The third kappa shape index (κ3) is 3.43. The molecule has 0 aromatic rings. The summed E-state index contributed by atoms with van der Waals surface area (Å²) in [7, 11) is -3.14. The molecular formula is C10H22N2O2S. The average Bonchev–Trinajstić information content (AvgIpc) is 2.22. The summed E-state index contributed by atoms with van der Waals surface area (Å²) in [4.78, 5) is 0. The summed E-state index contributed by atoms with van der Waals surface area (Å²) in [5, 5.41) is 0. The Labute approximate surface area is 92.7 Å². The Hall–Kier alpha value is -0.130. The SMILES string of the molecule is CCS(=O)(=O)NC1(CN)CCC(C)CC1. The summed E-state index contributed by atoms with van der Waals surface area (Å²) in [5.74, 6) is 0.820. The molecule has 3 N–H and O–H groups in total. The zero-order valence-electron chi connectivity index (χ0n) is 9.62. The normalized spacial score (nSPS) is 32.9. The van der Waals surface area contributed by atoms with Gasteiger partial charge in [-0.25, -0.2) is 13.1 Å². The van der Waals surface area contributed by atoms with Crippen molar-refractivity contribution < 1.29 is 8.42 Å². The molecule has 0 unspecified atom stereocenters. The molecule has 0 amide bonds. The molecule has 1 aliphatic carbocycles. The lowest BCUT2D eigenvalue weighted by molar-refractivity contribution is 0.231. The fourth-order valence-corrected chi connectivity index (χ4v) is 3.16. The zero-order chi connectivity index (χ0) is 11.5.